The Bertz CT molecular complexity index is 2240. The van der Waals surface area contributed by atoms with E-state index >= 15 is 9.59 Å². The molecule has 0 radical (unpaired) electrons. The van der Waals surface area contributed by atoms with Crippen molar-refractivity contribution in [1.82, 2.24) is 29.7 Å². The molecule has 2 aliphatic heterocycles. The minimum Gasteiger partial charge on any atom is -0.496 e. The summed E-state index contributed by atoms with van der Waals surface area (Å²) in [6, 6.07) is 13.6. The van der Waals surface area contributed by atoms with Crippen molar-refractivity contribution in [3.8, 4) is 5.75 Å². The largest absolute Gasteiger partial charge is 0.496 e. The van der Waals surface area contributed by atoms with E-state index in [1.54, 1.807) is 7.11 Å². The molecule has 0 saturated carbocycles. The number of likely N-dealkylation sites (tertiary alicyclic amines) is 2. The first-order valence-electron chi connectivity index (χ1n) is 25.2. The quantitative estimate of drug-likeness (QED) is 0.0347. The van der Waals surface area contributed by atoms with Crippen molar-refractivity contribution >= 4 is 35.5 Å². The number of carbonyl (C=O) groups is 2. The number of aromatic nitrogens is 4. The zero-order valence-corrected chi connectivity index (χ0v) is 41.7. The van der Waals surface area contributed by atoms with Crippen molar-refractivity contribution in [2.45, 2.75) is 123 Å². The maximum Gasteiger partial charge on any atom is 0.314 e. The van der Waals surface area contributed by atoms with Gasteiger partial charge in [-0.05, 0) is 139 Å². The summed E-state index contributed by atoms with van der Waals surface area (Å²) >= 11 is 0. The lowest BCUT2D eigenvalue weighted by Gasteiger charge is -2.30. The maximum absolute atomic E-state index is 15.1. The molecule has 6 rings (SSSR count). The number of esters is 2. The number of nitrogen functional groups attached to an aromatic ring is 2. The molecule has 2 atom stereocenters. The molecule has 0 spiro atoms. The molecule has 2 aliphatic rings. The molecule has 0 aliphatic carbocycles. The first-order chi connectivity index (χ1) is 33.0. The van der Waals surface area contributed by atoms with Gasteiger partial charge in [-0.15, -0.1) is 0 Å². The minimum absolute atomic E-state index is 0.191. The van der Waals surface area contributed by atoms with Crippen molar-refractivity contribution in [3.63, 3.8) is 0 Å². The summed E-state index contributed by atoms with van der Waals surface area (Å²) in [5.74, 6) is -0.432. The standard InChI is InChI=1S/C53H78N10O5/c1-7-9-11-24-57-48-43(36(3)58-52(54)60-48)32-39-17-16-18-40(31-39)46(50(64)67-30-15-14-27-63-25-12-13-26-63)47(51(65)68-35-38-21-28-62(5)29-22-38)41-19-20-45(66-6)42(33-41)34-44-37(4)59-53(55)61-49(44)56-23-10-8-2/h16-20,31,33,38,46-47H,7-15,21-30,32,34-35H2,1-6H3,(H3,54,57,58,60)(H3,55,56,59,61). The Morgan fingerprint density at radius 1 is 0.735 bits per heavy atom. The zero-order chi connectivity index (χ0) is 48.4. The number of benzene rings is 2. The van der Waals surface area contributed by atoms with E-state index in [4.69, 9.17) is 25.7 Å². The van der Waals surface area contributed by atoms with Crippen LogP contribution < -0.4 is 26.8 Å². The first-order valence-corrected chi connectivity index (χ1v) is 25.2. The van der Waals surface area contributed by atoms with Gasteiger partial charge in [-0.2, -0.15) is 9.97 Å². The van der Waals surface area contributed by atoms with Crippen LogP contribution in [0.3, 0.4) is 0 Å². The van der Waals surface area contributed by atoms with E-state index in [1.807, 2.05) is 56.3 Å². The summed E-state index contributed by atoms with van der Waals surface area (Å²) in [4.78, 5) is 53.1. The average molecular weight is 935 g/mol. The molecule has 370 valence electrons. The average Bonchev–Trinajstić information content (AvgIpc) is 3.85. The van der Waals surface area contributed by atoms with E-state index < -0.39 is 23.8 Å². The van der Waals surface area contributed by atoms with Crippen LogP contribution in [0.2, 0.25) is 0 Å². The van der Waals surface area contributed by atoms with Crippen molar-refractivity contribution in [1.29, 1.82) is 0 Å². The van der Waals surface area contributed by atoms with Crippen molar-refractivity contribution < 1.29 is 23.8 Å². The highest BCUT2D eigenvalue weighted by Crippen LogP contribution is 2.39. The van der Waals surface area contributed by atoms with Gasteiger partial charge >= 0.3 is 11.9 Å². The van der Waals surface area contributed by atoms with Crippen LogP contribution in [-0.4, -0.2) is 115 Å². The van der Waals surface area contributed by atoms with E-state index in [2.05, 4.69) is 61.3 Å². The molecule has 2 unspecified atom stereocenters. The van der Waals surface area contributed by atoms with E-state index in [1.165, 1.54) is 12.8 Å². The molecular formula is C53H78N10O5. The maximum atomic E-state index is 15.1. The molecule has 2 aromatic carbocycles. The highest BCUT2D eigenvalue weighted by Gasteiger charge is 2.40. The number of aryl methyl sites for hydroxylation is 2. The monoisotopic (exact) mass is 935 g/mol. The summed E-state index contributed by atoms with van der Waals surface area (Å²) < 4.78 is 18.6. The van der Waals surface area contributed by atoms with Crippen LogP contribution in [0.1, 0.15) is 141 Å². The number of ether oxygens (including phenoxy) is 3. The molecule has 0 amide bonds. The van der Waals surface area contributed by atoms with Gasteiger partial charge in [0, 0.05) is 48.4 Å². The number of unbranched alkanes of at least 4 members (excludes halogenated alkanes) is 4. The van der Waals surface area contributed by atoms with Gasteiger partial charge in [-0.1, -0.05) is 69.5 Å². The Balaban J connectivity index is 1.41. The molecule has 2 saturated heterocycles. The Morgan fingerprint density at radius 3 is 2.00 bits per heavy atom. The summed E-state index contributed by atoms with van der Waals surface area (Å²) in [5.41, 5.74) is 18.6. The third kappa shape index (κ3) is 14.7. The molecule has 4 aromatic rings. The molecule has 15 nitrogen and oxygen atoms in total. The Hall–Kier alpha value is -5.54. The Labute approximate surface area is 404 Å². The van der Waals surface area contributed by atoms with Crippen molar-refractivity contribution in [2.24, 2.45) is 5.92 Å². The molecule has 15 heteroatoms. The minimum atomic E-state index is -1.05. The van der Waals surface area contributed by atoms with Crippen LogP contribution in [-0.2, 0) is 31.9 Å². The Kier molecular flexibility index (Phi) is 20.0. The predicted molar refractivity (Wildman–Crippen MR) is 271 cm³/mol. The molecule has 0 bridgehead atoms. The van der Waals surface area contributed by atoms with Crippen LogP contribution in [0.4, 0.5) is 23.5 Å². The number of piperidine rings is 1. The van der Waals surface area contributed by atoms with Crippen LogP contribution in [0, 0.1) is 19.8 Å². The number of anilines is 4. The smallest absolute Gasteiger partial charge is 0.314 e. The second-order valence-corrected chi connectivity index (χ2v) is 18.8. The SMILES string of the molecule is CCCCCNc1nc(N)nc(C)c1Cc1cccc(C(C(=O)OCCCCN2CCCC2)C(C(=O)OCC2CCN(C)CC2)c2ccc(OC)c(Cc3c(C)nc(N)nc3NCCCC)c2)c1. The van der Waals surface area contributed by atoms with Gasteiger partial charge in [0.15, 0.2) is 0 Å². The van der Waals surface area contributed by atoms with Gasteiger partial charge in [0.25, 0.3) is 0 Å². The molecule has 2 fully saturated rings. The fourth-order valence-electron chi connectivity index (χ4n) is 9.49. The lowest BCUT2D eigenvalue weighted by Crippen LogP contribution is -2.34. The van der Waals surface area contributed by atoms with Gasteiger partial charge in [0.2, 0.25) is 11.9 Å². The van der Waals surface area contributed by atoms with Gasteiger partial charge in [0.05, 0.1) is 32.2 Å². The van der Waals surface area contributed by atoms with Gasteiger partial charge in [-0.3, -0.25) is 9.59 Å². The van der Waals surface area contributed by atoms with Crippen LogP contribution in [0.5, 0.6) is 5.75 Å². The van der Waals surface area contributed by atoms with Gasteiger partial charge < -0.3 is 46.1 Å². The molecule has 68 heavy (non-hydrogen) atoms. The molecule has 4 heterocycles. The van der Waals surface area contributed by atoms with Crippen LogP contribution in [0.25, 0.3) is 0 Å². The summed E-state index contributed by atoms with van der Waals surface area (Å²) in [7, 11) is 3.75. The van der Waals surface area contributed by atoms with Crippen molar-refractivity contribution in [2.75, 3.05) is 95.3 Å². The molecule has 6 N–H and O–H groups in total. The molecule has 2 aromatic heterocycles. The number of hydrogen-bond acceptors (Lipinski definition) is 15. The van der Waals surface area contributed by atoms with Crippen LogP contribution in [0.15, 0.2) is 42.5 Å². The second-order valence-electron chi connectivity index (χ2n) is 18.8. The normalized spacial score (nSPS) is 15.5. The zero-order valence-electron chi connectivity index (χ0n) is 41.7. The number of nitrogens with zero attached hydrogens (tertiary/aromatic N) is 6. The summed E-state index contributed by atoms with van der Waals surface area (Å²) in [6.07, 6.45) is 12.0. The third-order valence-electron chi connectivity index (χ3n) is 13.5. The number of nitrogens with one attached hydrogen (secondary N) is 2. The topological polar surface area (TPSA) is 196 Å². The summed E-state index contributed by atoms with van der Waals surface area (Å²) in [5, 5.41) is 6.98. The fraction of sp³-hybridized carbons (Fsp3) is 0.585. The Morgan fingerprint density at radius 2 is 1.35 bits per heavy atom. The van der Waals surface area contributed by atoms with E-state index in [9.17, 15) is 0 Å². The van der Waals surface area contributed by atoms with Gasteiger partial charge in [-0.25, -0.2) is 9.97 Å². The number of rotatable bonds is 26. The highest BCUT2D eigenvalue weighted by molar-refractivity contribution is 5.90. The fourth-order valence-corrected chi connectivity index (χ4v) is 9.49. The lowest BCUT2D eigenvalue weighted by molar-refractivity contribution is -0.155. The van der Waals surface area contributed by atoms with E-state index in [0.29, 0.717) is 41.4 Å². The predicted octanol–water partition coefficient (Wildman–Crippen LogP) is 8.22. The van der Waals surface area contributed by atoms with E-state index in [0.717, 1.165) is 137 Å². The summed E-state index contributed by atoms with van der Waals surface area (Å²) in [6.45, 7) is 15.3. The van der Waals surface area contributed by atoms with Crippen molar-refractivity contribution in [3.05, 3.63) is 87.2 Å². The first kappa shape index (κ1) is 51.8. The number of nitrogens with two attached hydrogens (primary N) is 2. The van der Waals surface area contributed by atoms with Crippen LogP contribution >= 0.6 is 0 Å². The third-order valence-corrected chi connectivity index (χ3v) is 13.5. The van der Waals surface area contributed by atoms with Gasteiger partial charge in [0.1, 0.15) is 17.4 Å². The second kappa shape index (κ2) is 26.3. The number of hydrogen-bond donors (Lipinski definition) is 4. The molecular weight excluding hydrogens is 857 g/mol. The highest BCUT2D eigenvalue weighted by atomic mass is 16.5. The van der Waals surface area contributed by atoms with E-state index in [-0.39, 0.29) is 31.0 Å². The number of methoxy groups -OCH3 is 1. The number of carbonyl (C=O) groups excluding carboxylic acids is 2. The lowest BCUT2D eigenvalue weighted by atomic mass is 9.79.